The number of hydrogen-bond acceptors (Lipinski definition) is 2. The Morgan fingerprint density at radius 3 is 2.62 bits per heavy atom. The van der Waals surface area contributed by atoms with E-state index in [-0.39, 0.29) is 5.82 Å². The number of thiocarbonyl (C=S) groups is 1. The maximum absolute atomic E-state index is 13.6. The van der Waals surface area contributed by atoms with Crippen LogP contribution in [0.5, 0.6) is 0 Å². The molecule has 0 spiro atoms. The molecule has 3 aromatic rings. The third kappa shape index (κ3) is 4.31. The van der Waals surface area contributed by atoms with Crippen LogP contribution in [-0.4, -0.2) is 14.9 Å². The van der Waals surface area contributed by atoms with Crippen molar-refractivity contribution < 1.29 is 4.39 Å². The predicted octanol–water partition coefficient (Wildman–Crippen LogP) is 4.53. The van der Waals surface area contributed by atoms with Gasteiger partial charge in [0.2, 0.25) is 0 Å². The molecule has 1 heterocycles. The lowest BCUT2D eigenvalue weighted by atomic mass is 10.2. The molecule has 2 aromatic carbocycles. The summed E-state index contributed by atoms with van der Waals surface area (Å²) in [6.07, 6.45) is 3.48. The van der Waals surface area contributed by atoms with Gasteiger partial charge in [-0.25, -0.2) is 4.39 Å². The van der Waals surface area contributed by atoms with Gasteiger partial charge in [0.25, 0.3) is 0 Å². The van der Waals surface area contributed by atoms with Gasteiger partial charge in [0, 0.05) is 11.2 Å². The molecule has 0 saturated heterocycles. The largest absolute Gasteiger partial charge is 0.330 e. The molecule has 0 unspecified atom stereocenters. The lowest BCUT2D eigenvalue weighted by Crippen LogP contribution is -2.19. The van der Waals surface area contributed by atoms with Crippen molar-refractivity contribution in [1.29, 1.82) is 0 Å². The van der Waals surface area contributed by atoms with Crippen molar-refractivity contribution in [2.24, 2.45) is 0 Å². The predicted molar refractivity (Wildman–Crippen MR) is 99.0 cm³/mol. The smallest absolute Gasteiger partial charge is 0.175 e. The molecule has 0 aliphatic rings. The molecule has 7 heteroatoms. The summed E-state index contributed by atoms with van der Waals surface area (Å²) < 4.78 is 15.4. The van der Waals surface area contributed by atoms with E-state index in [1.54, 1.807) is 29.1 Å². The molecule has 3 rings (SSSR count). The topological polar surface area (TPSA) is 41.9 Å². The maximum Gasteiger partial charge on any atom is 0.175 e. The first-order valence-electron chi connectivity index (χ1n) is 7.19. The quantitative estimate of drug-likeness (QED) is 0.671. The number of rotatable bonds is 4. The molecule has 0 bridgehead atoms. The lowest BCUT2D eigenvalue weighted by molar-refractivity contribution is 0.632. The summed E-state index contributed by atoms with van der Waals surface area (Å²) in [7, 11) is 0. The number of halogens is 2. The minimum absolute atomic E-state index is 0.297. The highest BCUT2D eigenvalue weighted by Gasteiger charge is 2.05. The number of nitrogens with zero attached hydrogens (tertiary/aromatic N) is 2. The molecule has 122 valence electrons. The number of nitrogens with one attached hydrogen (secondary N) is 2. The molecule has 0 fully saturated rings. The first-order chi connectivity index (χ1) is 11.6. The molecule has 24 heavy (non-hydrogen) atoms. The van der Waals surface area contributed by atoms with Crippen LogP contribution in [0.2, 0.25) is 5.02 Å². The molecule has 1 aromatic heterocycles. The summed E-state index contributed by atoms with van der Waals surface area (Å²) >= 11 is 11.1. The van der Waals surface area contributed by atoms with Crippen LogP contribution in [0.15, 0.2) is 60.9 Å². The Morgan fingerprint density at radius 2 is 1.88 bits per heavy atom. The Bertz CT molecular complexity index is 848. The maximum atomic E-state index is 13.6. The van der Waals surface area contributed by atoms with E-state index in [4.69, 9.17) is 23.8 Å². The summed E-state index contributed by atoms with van der Waals surface area (Å²) in [6, 6.07) is 13.9. The fourth-order valence-corrected chi connectivity index (χ4v) is 2.49. The number of aromatic nitrogens is 2. The van der Waals surface area contributed by atoms with Crippen LogP contribution in [0, 0.1) is 5.82 Å². The van der Waals surface area contributed by atoms with E-state index in [0.29, 0.717) is 22.4 Å². The zero-order chi connectivity index (χ0) is 16.9. The van der Waals surface area contributed by atoms with Gasteiger partial charge < -0.3 is 10.6 Å². The number of anilines is 2. The highest BCUT2D eigenvalue weighted by Crippen LogP contribution is 2.14. The van der Waals surface area contributed by atoms with Crippen molar-refractivity contribution in [2.45, 2.75) is 6.54 Å². The average Bonchev–Trinajstić information content (AvgIpc) is 2.99. The Kier molecular flexibility index (Phi) is 5.08. The van der Waals surface area contributed by atoms with E-state index in [2.05, 4.69) is 15.7 Å². The van der Waals surface area contributed by atoms with Crippen molar-refractivity contribution in [2.75, 3.05) is 10.6 Å². The second kappa shape index (κ2) is 7.42. The van der Waals surface area contributed by atoms with Crippen molar-refractivity contribution in [3.8, 4) is 0 Å². The van der Waals surface area contributed by atoms with E-state index in [0.717, 1.165) is 11.3 Å². The molecular formula is C17H14ClFN4S. The molecule has 2 N–H and O–H groups in total. The zero-order valence-corrected chi connectivity index (χ0v) is 14.1. The van der Waals surface area contributed by atoms with Crippen molar-refractivity contribution in [3.05, 3.63) is 77.3 Å². The van der Waals surface area contributed by atoms with Crippen LogP contribution in [0.1, 0.15) is 5.56 Å². The van der Waals surface area contributed by atoms with E-state index in [1.165, 1.54) is 6.07 Å². The zero-order valence-electron chi connectivity index (χ0n) is 12.5. The second-order valence-electron chi connectivity index (χ2n) is 5.11. The van der Waals surface area contributed by atoms with Gasteiger partial charge in [-0.1, -0.05) is 35.9 Å². The van der Waals surface area contributed by atoms with E-state index < -0.39 is 0 Å². The normalized spacial score (nSPS) is 10.4. The van der Waals surface area contributed by atoms with Crippen LogP contribution in [-0.2, 0) is 6.54 Å². The molecular weight excluding hydrogens is 347 g/mol. The highest BCUT2D eigenvalue weighted by atomic mass is 35.5. The first-order valence-corrected chi connectivity index (χ1v) is 7.98. The van der Waals surface area contributed by atoms with Crippen LogP contribution in [0.25, 0.3) is 0 Å². The van der Waals surface area contributed by atoms with Crippen LogP contribution >= 0.6 is 23.8 Å². The van der Waals surface area contributed by atoms with Gasteiger partial charge >= 0.3 is 0 Å². The van der Waals surface area contributed by atoms with Crippen molar-refractivity contribution >= 4 is 40.3 Å². The summed E-state index contributed by atoms with van der Waals surface area (Å²) in [5.41, 5.74) is 2.13. The van der Waals surface area contributed by atoms with E-state index in [1.807, 2.05) is 30.5 Å². The third-order valence-corrected chi connectivity index (χ3v) is 3.73. The summed E-state index contributed by atoms with van der Waals surface area (Å²) in [6.45, 7) is 0.617. The Morgan fingerprint density at radius 1 is 1.12 bits per heavy atom. The molecule has 4 nitrogen and oxygen atoms in total. The minimum atomic E-state index is -0.361. The van der Waals surface area contributed by atoms with Gasteiger partial charge in [-0.2, -0.15) is 5.10 Å². The van der Waals surface area contributed by atoms with Crippen molar-refractivity contribution in [1.82, 2.24) is 9.78 Å². The molecule has 0 saturated carbocycles. The highest BCUT2D eigenvalue weighted by molar-refractivity contribution is 7.80. The number of para-hydroxylation sites is 1. The lowest BCUT2D eigenvalue weighted by Gasteiger charge is -2.09. The molecule has 0 aliphatic heterocycles. The molecule has 0 amide bonds. The van der Waals surface area contributed by atoms with Gasteiger partial charge in [-0.05, 0) is 42.0 Å². The van der Waals surface area contributed by atoms with E-state index in [9.17, 15) is 4.39 Å². The monoisotopic (exact) mass is 360 g/mol. The fourth-order valence-electron chi connectivity index (χ4n) is 2.14. The van der Waals surface area contributed by atoms with Crippen LogP contribution in [0.4, 0.5) is 15.8 Å². The number of hydrogen-bond donors (Lipinski definition) is 2. The SMILES string of the molecule is Fc1ccccc1NC(=S)Nc1cnn(Cc2ccc(Cl)cc2)c1. The average molecular weight is 361 g/mol. The fraction of sp³-hybridized carbons (Fsp3) is 0.0588. The third-order valence-electron chi connectivity index (χ3n) is 3.27. The van der Waals surface area contributed by atoms with Gasteiger partial charge in [0.1, 0.15) is 5.82 Å². The van der Waals surface area contributed by atoms with Gasteiger partial charge in [-0.3, -0.25) is 4.68 Å². The van der Waals surface area contributed by atoms with Crippen LogP contribution < -0.4 is 10.6 Å². The second-order valence-corrected chi connectivity index (χ2v) is 5.96. The van der Waals surface area contributed by atoms with Crippen molar-refractivity contribution in [3.63, 3.8) is 0 Å². The molecule has 0 aliphatic carbocycles. The summed E-state index contributed by atoms with van der Waals surface area (Å²) in [5.74, 6) is -0.361. The molecule has 0 atom stereocenters. The Hall–Kier alpha value is -2.44. The first kappa shape index (κ1) is 16.4. The number of benzene rings is 2. The standard InChI is InChI=1S/C17H14ClFN4S/c18-13-7-5-12(6-8-13)10-23-11-14(9-20-23)21-17(24)22-16-4-2-1-3-15(16)19/h1-9,11H,10H2,(H2,21,22,24). The van der Waals surface area contributed by atoms with Crippen LogP contribution in [0.3, 0.4) is 0 Å². The summed E-state index contributed by atoms with van der Waals surface area (Å²) in [5, 5.41) is 11.1. The Balaban J connectivity index is 1.60. The summed E-state index contributed by atoms with van der Waals surface area (Å²) in [4.78, 5) is 0. The van der Waals surface area contributed by atoms with Gasteiger partial charge in [0.15, 0.2) is 5.11 Å². The Labute approximate surface area is 149 Å². The van der Waals surface area contributed by atoms with Gasteiger partial charge in [0.05, 0.1) is 24.1 Å². The van der Waals surface area contributed by atoms with E-state index >= 15 is 0 Å². The minimum Gasteiger partial charge on any atom is -0.330 e. The van der Waals surface area contributed by atoms with Gasteiger partial charge in [-0.15, -0.1) is 0 Å². The molecule has 0 radical (unpaired) electrons.